The van der Waals surface area contributed by atoms with Crippen LogP contribution in [0.2, 0.25) is 0 Å². The second-order valence-electron chi connectivity index (χ2n) is 5.36. The average Bonchev–Trinajstić information content (AvgIpc) is 2.98. The van der Waals surface area contributed by atoms with Gasteiger partial charge in [0.25, 0.3) is 15.9 Å². The fourth-order valence-corrected chi connectivity index (χ4v) is 4.14. The molecule has 0 radical (unpaired) electrons. The van der Waals surface area contributed by atoms with Crippen LogP contribution in [0.1, 0.15) is 23.4 Å². The minimum atomic E-state index is -3.79. The zero-order chi connectivity index (χ0) is 17.3. The Bertz CT molecular complexity index is 704. The van der Waals surface area contributed by atoms with Crippen LogP contribution in [-0.4, -0.2) is 60.8 Å². The van der Waals surface area contributed by atoms with Gasteiger partial charge in [-0.3, -0.25) is 4.79 Å². The lowest BCUT2D eigenvalue weighted by atomic mass is 9.92. The molecule has 1 aliphatic heterocycles. The molecule has 0 bridgehead atoms. The number of carboxylic acid groups (broad SMARTS) is 1. The third kappa shape index (κ3) is 3.54. The number of sulfonamides is 1. The average molecular weight is 362 g/mol. The van der Waals surface area contributed by atoms with Gasteiger partial charge in [0.15, 0.2) is 5.76 Å². The maximum Gasteiger partial charge on any atom is 0.329 e. The Balaban J connectivity index is 2.21. The standard InChI is InChI=1S/C13H18N2O6S2/c1-15(2)23(19,20)10-4-3-9(21-10)11(16)14-13(12(17)18)5-7-22-8-6-13/h3-4H,5-8H2,1-2H3,(H,14,16)(H,17,18). The molecule has 0 aromatic carbocycles. The van der Waals surface area contributed by atoms with Crippen molar-refractivity contribution < 1.29 is 27.5 Å². The summed E-state index contributed by atoms with van der Waals surface area (Å²) >= 11 is 1.63. The zero-order valence-corrected chi connectivity index (χ0v) is 14.4. The number of nitrogens with zero attached hydrogens (tertiary/aromatic N) is 1. The molecule has 1 amide bonds. The van der Waals surface area contributed by atoms with E-state index < -0.39 is 27.4 Å². The van der Waals surface area contributed by atoms with Gasteiger partial charge in [-0.1, -0.05) is 0 Å². The summed E-state index contributed by atoms with van der Waals surface area (Å²) in [6.07, 6.45) is 0.616. The molecule has 1 aliphatic rings. The Kier molecular flexibility index (Phi) is 5.07. The molecule has 2 rings (SSSR count). The molecule has 0 aliphatic carbocycles. The van der Waals surface area contributed by atoms with Gasteiger partial charge in [0.2, 0.25) is 5.09 Å². The molecule has 0 unspecified atom stereocenters. The summed E-state index contributed by atoms with van der Waals surface area (Å²) in [5, 5.41) is 11.6. The van der Waals surface area contributed by atoms with Gasteiger partial charge in [-0.15, -0.1) is 0 Å². The van der Waals surface area contributed by atoms with Gasteiger partial charge < -0.3 is 14.8 Å². The Morgan fingerprint density at radius 2 is 1.91 bits per heavy atom. The molecule has 2 heterocycles. The Morgan fingerprint density at radius 1 is 1.30 bits per heavy atom. The van der Waals surface area contributed by atoms with Gasteiger partial charge in [0.1, 0.15) is 5.54 Å². The number of hydrogen-bond acceptors (Lipinski definition) is 6. The first-order valence-corrected chi connectivity index (χ1v) is 9.44. The lowest BCUT2D eigenvalue weighted by molar-refractivity contribution is -0.144. The van der Waals surface area contributed by atoms with E-state index in [1.165, 1.54) is 26.2 Å². The van der Waals surface area contributed by atoms with Crippen molar-refractivity contribution in [2.75, 3.05) is 25.6 Å². The summed E-state index contributed by atoms with van der Waals surface area (Å²) in [6.45, 7) is 0. The van der Waals surface area contributed by atoms with E-state index in [4.69, 9.17) is 4.42 Å². The van der Waals surface area contributed by atoms with Crippen LogP contribution in [0.5, 0.6) is 0 Å². The van der Waals surface area contributed by atoms with E-state index in [2.05, 4.69) is 5.32 Å². The monoisotopic (exact) mass is 362 g/mol. The van der Waals surface area contributed by atoms with E-state index in [0.717, 1.165) is 4.31 Å². The number of carboxylic acids is 1. The van der Waals surface area contributed by atoms with Gasteiger partial charge in [0.05, 0.1) is 0 Å². The molecule has 0 atom stereocenters. The largest absolute Gasteiger partial charge is 0.480 e. The summed E-state index contributed by atoms with van der Waals surface area (Å²) in [4.78, 5) is 23.8. The first kappa shape index (κ1) is 17.8. The van der Waals surface area contributed by atoms with Crippen molar-refractivity contribution in [3.63, 3.8) is 0 Å². The van der Waals surface area contributed by atoms with Crippen LogP contribution in [0.25, 0.3) is 0 Å². The molecule has 128 valence electrons. The second kappa shape index (κ2) is 6.54. The van der Waals surface area contributed by atoms with Crippen molar-refractivity contribution in [3.8, 4) is 0 Å². The third-order valence-electron chi connectivity index (χ3n) is 3.65. The Hall–Kier alpha value is -1.52. The summed E-state index contributed by atoms with van der Waals surface area (Å²) in [7, 11) is -1.10. The lowest BCUT2D eigenvalue weighted by Gasteiger charge is -2.33. The molecular weight excluding hydrogens is 344 g/mol. The van der Waals surface area contributed by atoms with Crippen molar-refractivity contribution in [2.24, 2.45) is 0 Å². The fourth-order valence-electron chi connectivity index (χ4n) is 2.15. The first-order valence-electron chi connectivity index (χ1n) is 6.85. The quantitative estimate of drug-likeness (QED) is 0.788. The number of carbonyl (C=O) groups is 2. The predicted molar refractivity (Wildman–Crippen MR) is 84.0 cm³/mol. The van der Waals surface area contributed by atoms with Crippen LogP contribution in [0.4, 0.5) is 0 Å². The SMILES string of the molecule is CN(C)S(=O)(=O)c1ccc(C(=O)NC2(C(=O)O)CCSCC2)o1. The lowest BCUT2D eigenvalue weighted by Crippen LogP contribution is -2.56. The van der Waals surface area contributed by atoms with E-state index in [1.54, 1.807) is 11.8 Å². The minimum absolute atomic E-state index is 0.232. The molecule has 2 N–H and O–H groups in total. The number of aliphatic carboxylic acids is 1. The summed E-state index contributed by atoms with van der Waals surface area (Å²) < 4.78 is 29.9. The van der Waals surface area contributed by atoms with Gasteiger partial charge >= 0.3 is 5.97 Å². The number of thioether (sulfide) groups is 1. The first-order chi connectivity index (χ1) is 10.7. The Labute approximate surface area is 138 Å². The van der Waals surface area contributed by atoms with E-state index >= 15 is 0 Å². The number of hydrogen-bond donors (Lipinski definition) is 2. The number of nitrogens with one attached hydrogen (secondary N) is 1. The molecule has 1 aromatic rings. The van der Waals surface area contributed by atoms with Crippen LogP contribution < -0.4 is 5.32 Å². The van der Waals surface area contributed by atoms with E-state index in [1.807, 2.05) is 0 Å². The zero-order valence-electron chi connectivity index (χ0n) is 12.7. The molecule has 1 fully saturated rings. The Morgan fingerprint density at radius 3 is 2.43 bits per heavy atom. The van der Waals surface area contributed by atoms with E-state index in [0.29, 0.717) is 24.3 Å². The third-order valence-corrected chi connectivity index (χ3v) is 6.32. The highest BCUT2D eigenvalue weighted by Crippen LogP contribution is 2.28. The van der Waals surface area contributed by atoms with E-state index in [9.17, 15) is 23.1 Å². The van der Waals surface area contributed by atoms with Crippen LogP contribution in [-0.2, 0) is 14.8 Å². The topological polar surface area (TPSA) is 117 Å². The van der Waals surface area contributed by atoms with Gasteiger partial charge in [-0.05, 0) is 36.5 Å². The highest BCUT2D eigenvalue weighted by Gasteiger charge is 2.42. The maximum atomic E-state index is 12.2. The molecule has 0 spiro atoms. The molecule has 0 saturated carbocycles. The molecule has 1 saturated heterocycles. The van der Waals surface area contributed by atoms with Crippen molar-refractivity contribution in [1.29, 1.82) is 0 Å². The summed E-state index contributed by atoms with van der Waals surface area (Å²) in [6, 6.07) is 2.40. The molecule has 8 nitrogen and oxygen atoms in total. The maximum absolute atomic E-state index is 12.2. The van der Waals surface area contributed by atoms with Gasteiger partial charge in [-0.2, -0.15) is 11.8 Å². The second-order valence-corrected chi connectivity index (χ2v) is 8.67. The molecular formula is C13H18N2O6S2. The summed E-state index contributed by atoms with van der Waals surface area (Å²) in [5.41, 5.74) is -1.34. The normalized spacial score (nSPS) is 17.9. The molecule has 23 heavy (non-hydrogen) atoms. The molecule has 10 heteroatoms. The van der Waals surface area contributed by atoms with Crippen LogP contribution in [0.3, 0.4) is 0 Å². The van der Waals surface area contributed by atoms with Gasteiger partial charge in [-0.25, -0.2) is 17.5 Å². The number of furan rings is 1. The number of carbonyl (C=O) groups excluding carboxylic acids is 1. The van der Waals surface area contributed by atoms with Gasteiger partial charge in [0, 0.05) is 14.1 Å². The van der Waals surface area contributed by atoms with Crippen LogP contribution in [0.15, 0.2) is 21.6 Å². The summed E-state index contributed by atoms with van der Waals surface area (Å²) in [5.74, 6) is -0.807. The van der Waals surface area contributed by atoms with Crippen LogP contribution >= 0.6 is 11.8 Å². The minimum Gasteiger partial charge on any atom is -0.480 e. The highest BCUT2D eigenvalue weighted by atomic mass is 32.2. The van der Waals surface area contributed by atoms with Crippen LogP contribution in [0, 0.1) is 0 Å². The van der Waals surface area contributed by atoms with Crippen molar-refractivity contribution in [2.45, 2.75) is 23.5 Å². The van der Waals surface area contributed by atoms with Crippen molar-refractivity contribution in [3.05, 3.63) is 17.9 Å². The smallest absolute Gasteiger partial charge is 0.329 e. The number of amides is 1. The van der Waals surface area contributed by atoms with Crippen molar-refractivity contribution in [1.82, 2.24) is 9.62 Å². The molecule has 1 aromatic heterocycles. The van der Waals surface area contributed by atoms with Crippen molar-refractivity contribution >= 4 is 33.7 Å². The fraction of sp³-hybridized carbons (Fsp3) is 0.538. The predicted octanol–water partition coefficient (Wildman–Crippen LogP) is 0.610. The number of rotatable bonds is 5. The van der Waals surface area contributed by atoms with E-state index in [-0.39, 0.29) is 10.9 Å². The highest BCUT2D eigenvalue weighted by molar-refractivity contribution is 7.99.